The first-order valence-electron chi connectivity index (χ1n) is 11.7. The van der Waals surface area contributed by atoms with Gasteiger partial charge >= 0.3 is 0 Å². The molecule has 4 aromatic carbocycles. The van der Waals surface area contributed by atoms with Crippen LogP contribution in [0.5, 0.6) is 5.75 Å². The van der Waals surface area contributed by atoms with Crippen LogP contribution in [-0.4, -0.2) is 12.4 Å². The minimum atomic E-state index is -0.307. The van der Waals surface area contributed by atoms with E-state index in [1.54, 1.807) is 0 Å². The minimum Gasteiger partial charge on any atom is -0.494 e. The molecule has 2 atom stereocenters. The summed E-state index contributed by atoms with van der Waals surface area (Å²) in [5.41, 5.74) is 4.65. The van der Waals surface area contributed by atoms with Crippen molar-refractivity contribution in [1.82, 2.24) is 0 Å². The molecule has 168 valence electrons. The van der Waals surface area contributed by atoms with Crippen molar-refractivity contribution in [3.05, 3.63) is 113 Å². The third-order valence-electron chi connectivity index (χ3n) is 6.62. The Hall–Kier alpha value is -4.05. The fourth-order valence-corrected chi connectivity index (χ4v) is 5.03. The van der Waals surface area contributed by atoms with Crippen LogP contribution in [-0.2, 0) is 9.53 Å². The van der Waals surface area contributed by atoms with Crippen molar-refractivity contribution in [2.75, 3.05) is 11.9 Å². The van der Waals surface area contributed by atoms with Gasteiger partial charge in [0, 0.05) is 11.3 Å². The molecule has 2 aliphatic rings. The molecule has 0 saturated heterocycles. The van der Waals surface area contributed by atoms with Gasteiger partial charge < -0.3 is 14.8 Å². The summed E-state index contributed by atoms with van der Waals surface area (Å²) in [6.45, 7) is 2.58. The number of anilines is 1. The smallest absolute Gasteiger partial charge is 0.169 e. The van der Waals surface area contributed by atoms with Crippen molar-refractivity contribution in [2.24, 2.45) is 0 Å². The summed E-state index contributed by atoms with van der Waals surface area (Å²) < 4.78 is 12.3. The highest BCUT2D eigenvalue weighted by Gasteiger charge is 2.40. The van der Waals surface area contributed by atoms with Gasteiger partial charge in [-0.25, -0.2) is 0 Å². The molecule has 0 aliphatic carbocycles. The number of carbonyl (C=O) groups excluding carboxylic acids is 1. The van der Waals surface area contributed by atoms with E-state index in [0.29, 0.717) is 24.4 Å². The zero-order valence-corrected chi connectivity index (χ0v) is 19.0. The van der Waals surface area contributed by atoms with Gasteiger partial charge in [-0.3, -0.25) is 4.79 Å². The Kier molecular flexibility index (Phi) is 5.06. The lowest BCUT2D eigenvalue weighted by Gasteiger charge is -2.37. The van der Waals surface area contributed by atoms with Crippen LogP contribution in [0, 0.1) is 0 Å². The fourth-order valence-electron chi connectivity index (χ4n) is 5.03. The van der Waals surface area contributed by atoms with Crippen LogP contribution in [0.25, 0.3) is 16.5 Å². The van der Waals surface area contributed by atoms with Crippen LogP contribution < -0.4 is 10.1 Å². The normalized spacial score (nSPS) is 19.1. The Morgan fingerprint density at radius 3 is 2.44 bits per heavy atom. The molecular formula is C30H25NO3. The maximum atomic E-state index is 13.7. The number of nitrogens with one attached hydrogen (secondary N) is 1. The number of ether oxygens (including phenoxy) is 2. The standard InChI is InChI=1S/C30H25NO3/c1-2-33-22-15-12-21(13-16-22)29-28-25(32)18-26(20-9-4-3-5-10-20)34-30(28)27-23-11-7-6-8-19(23)14-17-24(27)31-29/h3-17,26,29,31H,2,18H2,1H3/t26-,29-/m0/s1. The molecule has 34 heavy (non-hydrogen) atoms. The summed E-state index contributed by atoms with van der Waals surface area (Å²) in [6, 6.07) is 30.1. The number of hydrogen-bond acceptors (Lipinski definition) is 4. The Bertz CT molecular complexity index is 1410. The Balaban J connectivity index is 1.53. The van der Waals surface area contributed by atoms with Gasteiger partial charge in [0.15, 0.2) is 5.78 Å². The Morgan fingerprint density at radius 2 is 1.65 bits per heavy atom. The van der Waals surface area contributed by atoms with Crippen LogP contribution >= 0.6 is 0 Å². The highest BCUT2D eigenvalue weighted by molar-refractivity contribution is 6.11. The van der Waals surface area contributed by atoms with Crippen molar-refractivity contribution >= 4 is 28.0 Å². The predicted octanol–water partition coefficient (Wildman–Crippen LogP) is 6.85. The van der Waals surface area contributed by atoms with E-state index in [-0.39, 0.29) is 17.9 Å². The molecular weight excluding hydrogens is 422 g/mol. The van der Waals surface area contributed by atoms with Gasteiger partial charge in [0.1, 0.15) is 17.6 Å². The fraction of sp³-hybridized carbons (Fsp3) is 0.167. The molecule has 1 N–H and O–H groups in total. The largest absolute Gasteiger partial charge is 0.494 e. The molecule has 0 saturated carbocycles. The first-order valence-corrected chi connectivity index (χ1v) is 11.7. The monoisotopic (exact) mass is 447 g/mol. The second kappa shape index (κ2) is 8.38. The lowest BCUT2D eigenvalue weighted by Crippen LogP contribution is -2.30. The molecule has 0 aromatic heterocycles. The van der Waals surface area contributed by atoms with Gasteiger partial charge in [0.25, 0.3) is 0 Å². The number of ketones is 1. The zero-order valence-electron chi connectivity index (χ0n) is 19.0. The molecule has 0 bridgehead atoms. The van der Waals surface area contributed by atoms with Crippen LogP contribution in [0.1, 0.15) is 42.2 Å². The van der Waals surface area contributed by atoms with Crippen molar-refractivity contribution in [1.29, 1.82) is 0 Å². The number of rotatable bonds is 4. The summed E-state index contributed by atoms with van der Waals surface area (Å²) in [7, 11) is 0. The third-order valence-corrected chi connectivity index (χ3v) is 6.62. The molecule has 0 unspecified atom stereocenters. The van der Waals surface area contributed by atoms with Crippen molar-refractivity contribution in [2.45, 2.75) is 25.5 Å². The zero-order chi connectivity index (χ0) is 23.1. The quantitative estimate of drug-likeness (QED) is 0.372. The number of hydrogen-bond donors (Lipinski definition) is 1. The number of carbonyl (C=O) groups is 1. The van der Waals surface area contributed by atoms with E-state index in [4.69, 9.17) is 9.47 Å². The SMILES string of the molecule is CCOc1ccc([C@@H]2Nc3ccc4ccccc4c3C3=C2C(=O)C[C@@H](c2ccccc2)O3)cc1. The molecule has 4 aromatic rings. The molecule has 0 fully saturated rings. The topological polar surface area (TPSA) is 47.6 Å². The molecule has 0 radical (unpaired) electrons. The van der Waals surface area contributed by atoms with E-state index in [2.05, 4.69) is 29.6 Å². The number of Topliss-reactive ketones (excluding diaryl/α,β-unsaturated/α-hetero) is 1. The third kappa shape index (κ3) is 3.43. The van der Waals surface area contributed by atoms with Crippen molar-refractivity contribution in [3.63, 3.8) is 0 Å². The predicted molar refractivity (Wildman–Crippen MR) is 135 cm³/mol. The van der Waals surface area contributed by atoms with E-state index >= 15 is 0 Å². The summed E-state index contributed by atoms with van der Waals surface area (Å²) >= 11 is 0. The van der Waals surface area contributed by atoms with Gasteiger partial charge in [-0.05, 0) is 47.0 Å². The molecule has 0 amide bonds. The van der Waals surface area contributed by atoms with Crippen molar-refractivity contribution in [3.8, 4) is 5.75 Å². The number of fused-ring (bicyclic) bond motifs is 4. The van der Waals surface area contributed by atoms with Gasteiger partial charge in [-0.1, -0.05) is 72.8 Å². The van der Waals surface area contributed by atoms with Crippen LogP contribution in [0.2, 0.25) is 0 Å². The van der Waals surface area contributed by atoms with Gasteiger partial charge in [-0.15, -0.1) is 0 Å². The van der Waals surface area contributed by atoms with Gasteiger partial charge in [0.2, 0.25) is 0 Å². The van der Waals surface area contributed by atoms with Crippen molar-refractivity contribution < 1.29 is 14.3 Å². The Morgan fingerprint density at radius 1 is 0.882 bits per heavy atom. The molecule has 2 heterocycles. The average Bonchev–Trinajstić information content (AvgIpc) is 2.89. The highest BCUT2D eigenvalue weighted by Crippen LogP contribution is 2.49. The maximum absolute atomic E-state index is 13.7. The lowest BCUT2D eigenvalue weighted by molar-refractivity contribution is -0.119. The van der Waals surface area contributed by atoms with Gasteiger partial charge in [0.05, 0.1) is 24.6 Å². The average molecular weight is 448 g/mol. The van der Waals surface area contributed by atoms with Crippen LogP contribution in [0.15, 0.2) is 96.6 Å². The minimum absolute atomic E-state index is 0.111. The van der Waals surface area contributed by atoms with E-state index in [1.165, 1.54) is 0 Å². The molecule has 2 aliphatic heterocycles. The highest BCUT2D eigenvalue weighted by atomic mass is 16.5. The van der Waals surface area contributed by atoms with E-state index < -0.39 is 0 Å². The van der Waals surface area contributed by atoms with E-state index in [9.17, 15) is 4.79 Å². The Labute approximate surface area is 198 Å². The van der Waals surface area contributed by atoms with Crippen LogP contribution in [0.3, 0.4) is 0 Å². The molecule has 4 heteroatoms. The van der Waals surface area contributed by atoms with Gasteiger partial charge in [-0.2, -0.15) is 0 Å². The number of benzene rings is 4. The summed E-state index contributed by atoms with van der Waals surface area (Å²) in [6.07, 6.45) is 0.0105. The first kappa shape index (κ1) is 20.5. The first-order chi connectivity index (χ1) is 16.7. The molecule has 4 nitrogen and oxygen atoms in total. The van der Waals surface area contributed by atoms with E-state index in [0.717, 1.165) is 38.9 Å². The summed E-state index contributed by atoms with van der Waals surface area (Å²) in [5, 5.41) is 5.84. The second-order valence-corrected chi connectivity index (χ2v) is 8.68. The summed E-state index contributed by atoms with van der Waals surface area (Å²) in [4.78, 5) is 13.7. The molecule has 6 rings (SSSR count). The van der Waals surface area contributed by atoms with E-state index in [1.807, 2.05) is 73.7 Å². The summed E-state index contributed by atoms with van der Waals surface area (Å²) in [5.74, 6) is 1.62. The lowest BCUT2D eigenvalue weighted by atomic mass is 9.83. The van der Waals surface area contributed by atoms with Crippen LogP contribution in [0.4, 0.5) is 5.69 Å². The second-order valence-electron chi connectivity index (χ2n) is 8.68. The molecule has 0 spiro atoms. The maximum Gasteiger partial charge on any atom is 0.169 e.